The lowest BCUT2D eigenvalue weighted by Crippen LogP contribution is -2.40. The normalized spacial score (nSPS) is 18.4. The number of fused-ring (bicyclic) bond motifs is 3. The first kappa shape index (κ1) is 19.3. The summed E-state index contributed by atoms with van der Waals surface area (Å²) in [6.45, 7) is 1.50. The van der Waals surface area contributed by atoms with Crippen LogP contribution in [-0.4, -0.2) is 23.6 Å². The standard InChI is InChI=1S/C21H17ClFN3O3S/c1-12-25-26-20(29-12)21(23,30(27,28)15-5-3-2-4-6-15)13-9-16-17-11-14(22)7-8-18(17)24-19(16)10-13/h2-8,11,13,24H,9-10H2,1H3/t13?,21-/m1/s1. The zero-order valence-corrected chi connectivity index (χ0v) is 17.5. The molecule has 9 heteroatoms. The van der Waals surface area contributed by atoms with E-state index in [0.29, 0.717) is 5.02 Å². The number of nitrogens with one attached hydrogen (secondary N) is 1. The van der Waals surface area contributed by atoms with Gasteiger partial charge in [0, 0.05) is 34.5 Å². The number of aryl methyl sites for hydroxylation is 1. The maximum atomic E-state index is 16.8. The number of aromatic nitrogens is 3. The lowest BCUT2D eigenvalue weighted by atomic mass is 9.98. The van der Waals surface area contributed by atoms with Gasteiger partial charge in [-0.2, -0.15) is 0 Å². The minimum absolute atomic E-state index is 0.101. The van der Waals surface area contributed by atoms with Crippen molar-refractivity contribution in [3.05, 3.63) is 76.6 Å². The van der Waals surface area contributed by atoms with Crippen molar-refractivity contribution >= 4 is 32.3 Å². The third-order valence-corrected chi connectivity index (χ3v) is 8.06. The predicted molar refractivity (Wildman–Crippen MR) is 110 cm³/mol. The van der Waals surface area contributed by atoms with Crippen LogP contribution >= 0.6 is 11.6 Å². The van der Waals surface area contributed by atoms with Crippen molar-refractivity contribution in [1.82, 2.24) is 15.2 Å². The Kier molecular flexibility index (Phi) is 4.27. The van der Waals surface area contributed by atoms with Crippen LogP contribution in [0.15, 0.2) is 57.8 Å². The molecule has 0 bridgehead atoms. The average molecular weight is 446 g/mol. The molecule has 0 amide bonds. The number of alkyl halides is 1. The molecule has 5 rings (SSSR count). The number of aromatic amines is 1. The Labute approximate surface area is 177 Å². The number of halogens is 2. The third kappa shape index (κ3) is 2.70. The highest BCUT2D eigenvalue weighted by molar-refractivity contribution is 7.92. The zero-order chi connectivity index (χ0) is 21.1. The third-order valence-electron chi connectivity index (χ3n) is 5.64. The summed E-state index contributed by atoms with van der Waals surface area (Å²) >= 11 is 6.14. The first-order chi connectivity index (χ1) is 14.3. The highest BCUT2D eigenvalue weighted by Crippen LogP contribution is 2.49. The van der Waals surface area contributed by atoms with E-state index in [2.05, 4.69) is 15.2 Å². The Balaban J connectivity index is 1.65. The Morgan fingerprint density at radius 1 is 1.17 bits per heavy atom. The van der Waals surface area contributed by atoms with E-state index in [4.69, 9.17) is 16.0 Å². The molecule has 0 saturated carbocycles. The van der Waals surface area contributed by atoms with Crippen molar-refractivity contribution in [2.75, 3.05) is 0 Å². The molecule has 30 heavy (non-hydrogen) atoms. The van der Waals surface area contributed by atoms with Crippen molar-refractivity contribution in [2.45, 2.75) is 29.7 Å². The summed E-state index contributed by atoms with van der Waals surface area (Å²) in [5.41, 5.74) is 2.53. The van der Waals surface area contributed by atoms with Crippen LogP contribution in [0.2, 0.25) is 5.02 Å². The molecule has 0 radical (unpaired) electrons. The first-order valence-corrected chi connectivity index (χ1v) is 11.2. The molecule has 1 unspecified atom stereocenters. The number of hydrogen-bond donors (Lipinski definition) is 1. The second-order valence-corrected chi connectivity index (χ2v) is 9.97. The van der Waals surface area contributed by atoms with Gasteiger partial charge in [0.2, 0.25) is 15.7 Å². The van der Waals surface area contributed by atoms with E-state index >= 15 is 4.39 Å². The van der Waals surface area contributed by atoms with Crippen LogP contribution in [0.3, 0.4) is 0 Å². The van der Waals surface area contributed by atoms with Crippen LogP contribution in [-0.2, 0) is 27.7 Å². The molecule has 1 aliphatic rings. The molecule has 6 nitrogen and oxygen atoms in total. The molecule has 0 saturated heterocycles. The highest BCUT2D eigenvalue weighted by atomic mass is 35.5. The van der Waals surface area contributed by atoms with Crippen LogP contribution in [0.5, 0.6) is 0 Å². The van der Waals surface area contributed by atoms with Crippen molar-refractivity contribution < 1.29 is 17.2 Å². The highest BCUT2D eigenvalue weighted by Gasteiger charge is 2.59. The fraction of sp³-hybridized carbons (Fsp3) is 0.238. The second kappa shape index (κ2) is 6.65. The number of nitrogens with zero attached hydrogens (tertiary/aromatic N) is 2. The lowest BCUT2D eigenvalue weighted by Gasteiger charge is -2.28. The molecule has 2 heterocycles. The molecule has 0 spiro atoms. The van der Waals surface area contributed by atoms with E-state index in [-0.39, 0.29) is 23.6 Å². The maximum Gasteiger partial charge on any atom is 0.294 e. The second-order valence-electron chi connectivity index (χ2n) is 7.46. The van der Waals surface area contributed by atoms with Crippen LogP contribution in [0.4, 0.5) is 4.39 Å². The molecule has 0 fully saturated rings. The number of sulfone groups is 1. The maximum absolute atomic E-state index is 16.8. The SMILES string of the molecule is Cc1nnc([C@@](F)(C2Cc3[nH]c4ccc(Cl)cc4c3C2)S(=O)(=O)c2ccccc2)o1. The monoisotopic (exact) mass is 445 g/mol. The molecule has 2 aromatic heterocycles. The Bertz CT molecular complexity index is 1370. The average Bonchev–Trinajstić information content (AvgIpc) is 3.43. The summed E-state index contributed by atoms with van der Waals surface area (Å²) < 4.78 is 49.2. The number of hydrogen-bond acceptors (Lipinski definition) is 5. The summed E-state index contributed by atoms with van der Waals surface area (Å²) in [5.74, 6) is -1.38. The Hall–Kier alpha value is -2.71. The Morgan fingerprint density at radius 2 is 1.93 bits per heavy atom. The van der Waals surface area contributed by atoms with Gasteiger partial charge in [0.05, 0.1) is 4.90 Å². The van der Waals surface area contributed by atoms with Crippen LogP contribution < -0.4 is 0 Å². The minimum Gasteiger partial charge on any atom is -0.421 e. The van der Waals surface area contributed by atoms with Gasteiger partial charge in [0.1, 0.15) is 0 Å². The van der Waals surface area contributed by atoms with Crippen molar-refractivity contribution in [3.8, 4) is 0 Å². The van der Waals surface area contributed by atoms with Crippen LogP contribution in [0.25, 0.3) is 10.9 Å². The summed E-state index contributed by atoms with van der Waals surface area (Å²) in [6, 6.07) is 13.0. The molecule has 0 aliphatic heterocycles. The van der Waals surface area contributed by atoms with Crippen molar-refractivity contribution in [3.63, 3.8) is 0 Å². The summed E-state index contributed by atoms with van der Waals surface area (Å²) in [4.78, 5) is 3.13. The van der Waals surface area contributed by atoms with E-state index < -0.39 is 26.6 Å². The van der Waals surface area contributed by atoms with Gasteiger partial charge in [-0.3, -0.25) is 0 Å². The fourth-order valence-corrected chi connectivity index (χ4v) is 6.17. The van der Waals surface area contributed by atoms with E-state index in [1.807, 2.05) is 6.07 Å². The predicted octanol–water partition coefficient (Wildman–Crippen LogP) is 4.52. The van der Waals surface area contributed by atoms with Gasteiger partial charge >= 0.3 is 0 Å². The first-order valence-electron chi connectivity index (χ1n) is 9.39. The van der Waals surface area contributed by atoms with Crippen LogP contribution in [0, 0.1) is 12.8 Å². The molecule has 1 aliphatic carbocycles. The summed E-state index contributed by atoms with van der Waals surface area (Å²) in [6.07, 6.45) is 0.380. The number of benzene rings is 2. The van der Waals surface area contributed by atoms with E-state index in [9.17, 15) is 8.42 Å². The van der Waals surface area contributed by atoms with Crippen molar-refractivity contribution in [2.24, 2.45) is 5.92 Å². The lowest BCUT2D eigenvalue weighted by molar-refractivity contribution is 0.137. The van der Waals surface area contributed by atoms with Crippen molar-refractivity contribution in [1.29, 1.82) is 0 Å². The molecular formula is C21H17ClFN3O3S. The Morgan fingerprint density at radius 3 is 2.63 bits per heavy atom. The van der Waals surface area contributed by atoms with E-state index in [0.717, 1.165) is 22.2 Å². The molecule has 1 N–H and O–H groups in total. The quantitative estimate of drug-likeness (QED) is 0.498. The van der Waals surface area contributed by atoms with Gasteiger partial charge in [0.15, 0.2) is 0 Å². The fourth-order valence-electron chi connectivity index (χ4n) is 4.23. The molecule has 4 aromatic rings. The molecule has 2 atom stereocenters. The number of H-pyrrole nitrogens is 1. The summed E-state index contributed by atoms with van der Waals surface area (Å²) in [7, 11) is -4.48. The van der Waals surface area contributed by atoms with Gasteiger partial charge in [-0.05, 0) is 48.7 Å². The van der Waals surface area contributed by atoms with Gasteiger partial charge in [-0.15, -0.1) is 10.2 Å². The topological polar surface area (TPSA) is 88.9 Å². The van der Waals surface area contributed by atoms with E-state index in [1.165, 1.54) is 19.1 Å². The largest absolute Gasteiger partial charge is 0.421 e. The van der Waals surface area contributed by atoms with Gasteiger partial charge in [-0.1, -0.05) is 29.8 Å². The zero-order valence-electron chi connectivity index (χ0n) is 15.9. The smallest absolute Gasteiger partial charge is 0.294 e. The summed E-state index contributed by atoms with van der Waals surface area (Å²) in [5, 5.41) is 6.01. The van der Waals surface area contributed by atoms with E-state index in [1.54, 1.807) is 30.3 Å². The van der Waals surface area contributed by atoms with Gasteiger partial charge in [-0.25, -0.2) is 12.8 Å². The van der Waals surface area contributed by atoms with Gasteiger partial charge < -0.3 is 9.40 Å². The molecule has 2 aromatic carbocycles. The molecule has 154 valence electrons. The number of rotatable bonds is 4. The minimum atomic E-state index is -4.48. The molecular weight excluding hydrogens is 429 g/mol. The van der Waals surface area contributed by atoms with Crippen LogP contribution in [0.1, 0.15) is 23.0 Å². The van der Waals surface area contributed by atoms with Gasteiger partial charge in [0.25, 0.3) is 10.9 Å².